The molecule has 1 aromatic rings. The number of hydrogen-bond donors (Lipinski definition) is 0. The molecule has 0 aliphatic carbocycles. The van der Waals surface area contributed by atoms with Gasteiger partial charge < -0.3 is 14.4 Å². The van der Waals surface area contributed by atoms with E-state index in [4.69, 9.17) is 9.47 Å². The molecule has 5 heteroatoms. The van der Waals surface area contributed by atoms with Crippen LogP contribution >= 0.6 is 0 Å². The van der Waals surface area contributed by atoms with E-state index in [1.807, 2.05) is 0 Å². The van der Waals surface area contributed by atoms with Gasteiger partial charge in [-0.1, -0.05) is 0 Å². The van der Waals surface area contributed by atoms with Gasteiger partial charge in [-0.25, -0.2) is 8.78 Å². The highest BCUT2D eigenvalue weighted by Gasteiger charge is 2.39. The van der Waals surface area contributed by atoms with E-state index < -0.39 is 5.92 Å². The molecule has 0 bridgehead atoms. The van der Waals surface area contributed by atoms with Gasteiger partial charge >= 0.3 is 0 Å². The minimum Gasteiger partial charge on any atom is -0.497 e. The zero-order chi connectivity index (χ0) is 12.5. The lowest BCUT2D eigenvalue weighted by Gasteiger charge is -2.21. The van der Waals surface area contributed by atoms with Gasteiger partial charge in [0.2, 0.25) is 0 Å². The maximum atomic E-state index is 13.2. The fourth-order valence-electron chi connectivity index (χ4n) is 1.99. The van der Waals surface area contributed by atoms with Gasteiger partial charge in [0.1, 0.15) is 11.5 Å². The Morgan fingerprint density at radius 1 is 1.24 bits per heavy atom. The summed E-state index contributed by atoms with van der Waals surface area (Å²) in [6, 6.07) is 5.19. The largest absolute Gasteiger partial charge is 0.497 e. The molecular formula is C12H15F2NO2. The molecule has 0 radical (unpaired) electrons. The molecule has 17 heavy (non-hydrogen) atoms. The van der Waals surface area contributed by atoms with Crippen molar-refractivity contribution in [3.8, 4) is 11.5 Å². The van der Waals surface area contributed by atoms with Crippen molar-refractivity contribution in [2.24, 2.45) is 0 Å². The molecule has 0 spiro atoms. The second-order valence-electron chi connectivity index (χ2n) is 4.07. The van der Waals surface area contributed by atoms with Crippen molar-refractivity contribution in [1.29, 1.82) is 0 Å². The molecule has 1 aliphatic heterocycles. The lowest BCUT2D eigenvalue weighted by molar-refractivity contribution is 0.0257. The van der Waals surface area contributed by atoms with Crippen molar-refractivity contribution in [3.05, 3.63) is 18.2 Å². The fraction of sp³-hybridized carbons (Fsp3) is 0.500. The Labute approximate surface area is 98.9 Å². The van der Waals surface area contributed by atoms with Crippen LogP contribution in [0.1, 0.15) is 6.42 Å². The molecule has 0 atom stereocenters. The van der Waals surface area contributed by atoms with Crippen LogP contribution in [0.5, 0.6) is 11.5 Å². The lowest BCUT2D eigenvalue weighted by atomic mass is 10.2. The third-order valence-electron chi connectivity index (χ3n) is 2.90. The first-order valence-corrected chi connectivity index (χ1v) is 5.40. The molecular weight excluding hydrogens is 228 g/mol. The Hall–Kier alpha value is -1.52. The van der Waals surface area contributed by atoms with Crippen LogP contribution in [0.4, 0.5) is 14.5 Å². The molecule has 1 fully saturated rings. The minimum absolute atomic E-state index is 0.109. The van der Waals surface area contributed by atoms with Crippen molar-refractivity contribution >= 4 is 5.69 Å². The van der Waals surface area contributed by atoms with Gasteiger partial charge in [0.15, 0.2) is 0 Å². The molecule has 94 valence electrons. The summed E-state index contributed by atoms with van der Waals surface area (Å²) < 4.78 is 36.6. The summed E-state index contributed by atoms with van der Waals surface area (Å²) in [5.41, 5.74) is 0.686. The SMILES string of the molecule is COc1ccc(N2CCC(F)(F)C2)c(OC)c1. The number of nitrogens with zero attached hydrogens (tertiary/aromatic N) is 1. The fourth-order valence-corrected chi connectivity index (χ4v) is 1.99. The first-order chi connectivity index (χ1) is 8.05. The predicted octanol–water partition coefficient (Wildman–Crippen LogP) is 2.55. The quantitative estimate of drug-likeness (QED) is 0.814. The van der Waals surface area contributed by atoms with Crippen LogP contribution in [0.2, 0.25) is 0 Å². The zero-order valence-electron chi connectivity index (χ0n) is 9.87. The van der Waals surface area contributed by atoms with Gasteiger partial charge in [0, 0.05) is 19.0 Å². The van der Waals surface area contributed by atoms with Crippen molar-refractivity contribution in [1.82, 2.24) is 0 Å². The average molecular weight is 243 g/mol. The van der Waals surface area contributed by atoms with E-state index in [1.54, 1.807) is 30.2 Å². The predicted molar refractivity (Wildman–Crippen MR) is 61.3 cm³/mol. The third-order valence-corrected chi connectivity index (χ3v) is 2.90. The van der Waals surface area contributed by atoms with Gasteiger partial charge in [-0.15, -0.1) is 0 Å². The number of anilines is 1. The topological polar surface area (TPSA) is 21.7 Å². The lowest BCUT2D eigenvalue weighted by Crippen LogP contribution is -2.25. The van der Waals surface area contributed by atoms with Crippen molar-refractivity contribution in [3.63, 3.8) is 0 Å². The van der Waals surface area contributed by atoms with Gasteiger partial charge in [-0.2, -0.15) is 0 Å². The molecule has 2 rings (SSSR count). The van der Waals surface area contributed by atoms with Gasteiger partial charge in [0.25, 0.3) is 5.92 Å². The van der Waals surface area contributed by atoms with E-state index in [2.05, 4.69) is 0 Å². The molecule has 0 aromatic heterocycles. The number of methoxy groups -OCH3 is 2. The number of alkyl halides is 2. The van der Waals surface area contributed by atoms with Crippen LogP contribution in [0.3, 0.4) is 0 Å². The molecule has 0 saturated carbocycles. The number of hydrogen-bond acceptors (Lipinski definition) is 3. The highest BCUT2D eigenvalue weighted by atomic mass is 19.3. The summed E-state index contributed by atoms with van der Waals surface area (Å²) in [6.45, 7) is 0.0887. The molecule has 1 heterocycles. The summed E-state index contributed by atoms with van der Waals surface area (Å²) in [5, 5.41) is 0. The number of rotatable bonds is 3. The first-order valence-electron chi connectivity index (χ1n) is 5.40. The summed E-state index contributed by atoms with van der Waals surface area (Å²) >= 11 is 0. The summed E-state index contributed by atoms with van der Waals surface area (Å²) in [5.74, 6) is -1.40. The van der Waals surface area contributed by atoms with Gasteiger partial charge in [-0.3, -0.25) is 0 Å². The normalized spacial score (nSPS) is 18.2. The van der Waals surface area contributed by atoms with Crippen LogP contribution < -0.4 is 14.4 Å². The molecule has 1 saturated heterocycles. The van der Waals surface area contributed by atoms with Crippen LogP contribution in [0.15, 0.2) is 18.2 Å². The highest BCUT2D eigenvalue weighted by Crippen LogP contribution is 2.37. The molecule has 0 N–H and O–H groups in total. The second-order valence-corrected chi connectivity index (χ2v) is 4.07. The van der Waals surface area contributed by atoms with Crippen molar-refractivity contribution in [2.45, 2.75) is 12.3 Å². The Kier molecular flexibility index (Phi) is 3.09. The molecule has 1 aliphatic rings. The standard InChI is InChI=1S/C12H15F2NO2/c1-16-9-3-4-10(11(7-9)17-2)15-6-5-12(13,14)8-15/h3-4,7H,5-6,8H2,1-2H3. The number of benzene rings is 1. The Bertz CT molecular complexity index is 409. The molecule has 1 aromatic carbocycles. The van der Waals surface area contributed by atoms with Crippen LogP contribution in [-0.2, 0) is 0 Å². The number of halogens is 2. The molecule has 0 unspecified atom stereocenters. The summed E-state index contributed by atoms with van der Waals surface area (Å²) in [6.07, 6.45) is -0.109. The van der Waals surface area contributed by atoms with E-state index in [0.717, 1.165) is 0 Å². The van der Waals surface area contributed by atoms with Crippen LogP contribution in [0.25, 0.3) is 0 Å². The summed E-state index contributed by atoms with van der Waals surface area (Å²) in [4.78, 5) is 1.64. The van der Waals surface area contributed by atoms with Crippen molar-refractivity contribution < 1.29 is 18.3 Å². The maximum absolute atomic E-state index is 13.2. The first kappa shape index (κ1) is 12.0. The summed E-state index contributed by atoms with van der Waals surface area (Å²) in [7, 11) is 3.07. The maximum Gasteiger partial charge on any atom is 0.266 e. The highest BCUT2D eigenvalue weighted by molar-refractivity contribution is 5.61. The van der Waals surface area contributed by atoms with E-state index in [1.165, 1.54) is 7.11 Å². The van der Waals surface area contributed by atoms with Gasteiger partial charge in [0.05, 0.1) is 26.5 Å². The smallest absolute Gasteiger partial charge is 0.266 e. The third kappa shape index (κ3) is 2.43. The van der Waals surface area contributed by atoms with Crippen LogP contribution in [0, 0.1) is 0 Å². The minimum atomic E-state index is -2.61. The zero-order valence-corrected chi connectivity index (χ0v) is 9.87. The Balaban J connectivity index is 2.26. The van der Waals surface area contributed by atoms with E-state index in [0.29, 0.717) is 23.7 Å². The second kappa shape index (κ2) is 4.39. The van der Waals surface area contributed by atoms with E-state index in [-0.39, 0.29) is 13.0 Å². The molecule has 0 amide bonds. The van der Waals surface area contributed by atoms with Crippen molar-refractivity contribution in [2.75, 3.05) is 32.2 Å². The Morgan fingerprint density at radius 3 is 2.53 bits per heavy atom. The number of ether oxygens (including phenoxy) is 2. The van der Waals surface area contributed by atoms with Crippen LogP contribution in [-0.4, -0.2) is 33.2 Å². The van der Waals surface area contributed by atoms with Gasteiger partial charge in [-0.05, 0) is 12.1 Å². The van der Waals surface area contributed by atoms with E-state index in [9.17, 15) is 8.78 Å². The average Bonchev–Trinajstić information content (AvgIpc) is 2.68. The van der Waals surface area contributed by atoms with E-state index >= 15 is 0 Å². The monoisotopic (exact) mass is 243 g/mol. The molecule has 3 nitrogen and oxygen atoms in total. The Morgan fingerprint density at radius 2 is 2.00 bits per heavy atom.